The minimum Gasteiger partial charge on any atom is -0.497 e. The largest absolute Gasteiger partial charge is 0.497 e. The van der Waals surface area contributed by atoms with E-state index in [1.54, 1.807) is 21.3 Å². The summed E-state index contributed by atoms with van der Waals surface area (Å²) < 4.78 is 15.9. The Morgan fingerprint density at radius 3 is 2.19 bits per heavy atom. The fourth-order valence-electron chi connectivity index (χ4n) is 2.82. The van der Waals surface area contributed by atoms with E-state index in [0.717, 1.165) is 27.5 Å². The van der Waals surface area contributed by atoms with Crippen molar-refractivity contribution < 1.29 is 23.9 Å². The van der Waals surface area contributed by atoms with Crippen LogP contribution in [0.25, 0.3) is 0 Å². The molecule has 0 saturated carbocycles. The van der Waals surface area contributed by atoms with Gasteiger partial charge >= 0.3 is 0 Å². The normalized spacial score (nSPS) is 12.8. The van der Waals surface area contributed by atoms with E-state index in [9.17, 15) is 4.79 Å². The van der Waals surface area contributed by atoms with Gasteiger partial charge in [0.1, 0.15) is 12.3 Å². The van der Waals surface area contributed by atoms with Crippen LogP contribution >= 0.6 is 0 Å². The minimum atomic E-state index is -0.223. The average molecular weight is 373 g/mol. The van der Waals surface area contributed by atoms with Crippen LogP contribution in [0.5, 0.6) is 17.2 Å². The Morgan fingerprint density at radius 1 is 1.04 bits per heavy atom. The number of carbonyl (C=O) groups excluding carboxylic acids is 1. The maximum atomic E-state index is 12.6. The van der Waals surface area contributed by atoms with Crippen molar-refractivity contribution in [2.45, 2.75) is 26.4 Å². The summed E-state index contributed by atoms with van der Waals surface area (Å²) >= 11 is 0. The summed E-state index contributed by atoms with van der Waals surface area (Å²) in [7, 11) is 6.87. The Morgan fingerprint density at radius 2 is 1.63 bits per heavy atom. The molecule has 6 nitrogen and oxygen atoms in total. The molecule has 0 spiro atoms. The van der Waals surface area contributed by atoms with Gasteiger partial charge in [-0.25, -0.2) is 0 Å². The zero-order valence-electron chi connectivity index (χ0n) is 16.9. The van der Waals surface area contributed by atoms with E-state index < -0.39 is 0 Å². The van der Waals surface area contributed by atoms with Gasteiger partial charge in [0, 0.05) is 11.3 Å². The Kier molecular flexibility index (Phi) is 7.07. The van der Waals surface area contributed by atoms with E-state index in [1.165, 1.54) is 0 Å². The highest BCUT2D eigenvalue weighted by Gasteiger charge is 2.23. The molecule has 2 aromatic carbocycles. The molecular weight excluding hydrogens is 344 g/mol. The summed E-state index contributed by atoms with van der Waals surface area (Å²) in [5.74, 6) is 2.13. The number of rotatable bonds is 8. The third-order valence-corrected chi connectivity index (χ3v) is 4.80. The molecule has 2 N–H and O–H groups in total. The molecule has 6 heteroatoms. The quantitative estimate of drug-likeness (QED) is 0.744. The lowest BCUT2D eigenvalue weighted by Crippen LogP contribution is -3.12. The van der Waals surface area contributed by atoms with Gasteiger partial charge in [0.2, 0.25) is 0 Å². The Bertz CT molecular complexity index is 774. The fraction of sp³-hybridized carbons (Fsp3) is 0.381. The molecule has 2 atom stereocenters. The van der Waals surface area contributed by atoms with Crippen molar-refractivity contribution in [2.24, 2.45) is 0 Å². The molecule has 1 unspecified atom stereocenters. The van der Waals surface area contributed by atoms with Gasteiger partial charge in [0.25, 0.3) is 5.91 Å². The maximum Gasteiger partial charge on any atom is 0.282 e. The third-order valence-electron chi connectivity index (χ3n) is 4.80. The van der Waals surface area contributed by atoms with Crippen molar-refractivity contribution in [3.63, 3.8) is 0 Å². The zero-order chi connectivity index (χ0) is 20.0. The molecule has 27 heavy (non-hydrogen) atoms. The molecule has 0 aliphatic carbocycles. The zero-order valence-corrected chi connectivity index (χ0v) is 16.9. The van der Waals surface area contributed by atoms with Crippen molar-refractivity contribution >= 4 is 11.6 Å². The second-order valence-corrected chi connectivity index (χ2v) is 6.60. The number of amides is 1. The highest BCUT2D eigenvalue weighted by molar-refractivity contribution is 5.93. The number of hydrogen-bond acceptors (Lipinski definition) is 4. The lowest BCUT2D eigenvalue weighted by molar-refractivity contribution is -0.907. The van der Waals surface area contributed by atoms with Crippen molar-refractivity contribution in [1.29, 1.82) is 0 Å². The standard InChI is InChI=1S/C21H28N2O4/c1-14-11-19(26-5)20(27-6)12-16(14)13-23(3)15(2)21(24)22-17-7-9-18(25-4)10-8-17/h7-12,15H,13H2,1-6H3,(H,22,24)/p+1/t15-/m1/s1. The number of carbonyl (C=O) groups is 1. The smallest absolute Gasteiger partial charge is 0.282 e. The van der Waals surface area contributed by atoms with Gasteiger partial charge in [-0.05, 0) is 55.8 Å². The van der Waals surface area contributed by atoms with Gasteiger partial charge in [0.05, 0.1) is 28.4 Å². The molecule has 2 aromatic rings. The molecule has 0 radical (unpaired) electrons. The first-order valence-electron chi connectivity index (χ1n) is 8.88. The SMILES string of the molecule is COc1ccc(NC(=O)[C@@H](C)[NH+](C)Cc2cc(OC)c(OC)cc2C)cc1. The number of likely N-dealkylation sites (N-methyl/N-ethyl adjacent to an activating group) is 1. The molecule has 0 aliphatic rings. The summed E-state index contributed by atoms with van der Waals surface area (Å²) in [6, 6.07) is 11.0. The lowest BCUT2D eigenvalue weighted by atomic mass is 10.1. The monoisotopic (exact) mass is 373 g/mol. The molecule has 0 saturated heterocycles. The van der Waals surface area contributed by atoms with Gasteiger partial charge < -0.3 is 24.4 Å². The van der Waals surface area contributed by atoms with Gasteiger partial charge in [0.15, 0.2) is 17.5 Å². The molecule has 2 rings (SSSR count). The number of nitrogens with one attached hydrogen (secondary N) is 2. The molecule has 146 valence electrons. The molecule has 0 heterocycles. The number of anilines is 1. The van der Waals surface area contributed by atoms with E-state index in [1.807, 2.05) is 57.3 Å². The first-order valence-corrected chi connectivity index (χ1v) is 8.88. The maximum absolute atomic E-state index is 12.6. The van der Waals surface area contributed by atoms with Crippen LogP contribution in [-0.2, 0) is 11.3 Å². The van der Waals surface area contributed by atoms with E-state index in [2.05, 4.69) is 5.32 Å². The summed E-state index contributed by atoms with van der Waals surface area (Å²) in [5, 5.41) is 2.96. The van der Waals surface area contributed by atoms with Gasteiger partial charge in [-0.2, -0.15) is 0 Å². The number of benzene rings is 2. The van der Waals surface area contributed by atoms with Crippen molar-refractivity contribution in [1.82, 2.24) is 0 Å². The summed E-state index contributed by atoms with van der Waals surface area (Å²) in [6.45, 7) is 4.65. The molecular formula is C21H29N2O4+. The van der Waals surface area contributed by atoms with E-state index in [0.29, 0.717) is 18.0 Å². The molecule has 0 fully saturated rings. The topological polar surface area (TPSA) is 61.2 Å². The first kappa shape index (κ1) is 20.6. The average Bonchev–Trinajstić information content (AvgIpc) is 2.68. The third kappa shape index (κ3) is 5.14. The minimum absolute atomic E-state index is 0.0317. The van der Waals surface area contributed by atoms with Gasteiger partial charge in [-0.1, -0.05) is 0 Å². The molecule has 0 bridgehead atoms. The number of ether oxygens (including phenoxy) is 3. The van der Waals surface area contributed by atoms with Crippen molar-refractivity contribution in [3.05, 3.63) is 47.5 Å². The van der Waals surface area contributed by atoms with Crippen molar-refractivity contribution in [2.75, 3.05) is 33.7 Å². The van der Waals surface area contributed by atoms with Gasteiger partial charge in [-0.3, -0.25) is 4.79 Å². The van der Waals surface area contributed by atoms with Crippen LogP contribution in [0.3, 0.4) is 0 Å². The second-order valence-electron chi connectivity index (χ2n) is 6.60. The van der Waals surface area contributed by atoms with Crippen molar-refractivity contribution in [3.8, 4) is 17.2 Å². The summed E-state index contributed by atoms with van der Waals surface area (Å²) in [6.07, 6.45) is 0. The Hall–Kier alpha value is -2.73. The summed E-state index contributed by atoms with van der Waals surface area (Å²) in [4.78, 5) is 13.7. The van der Waals surface area contributed by atoms with Crippen LogP contribution in [0, 0.1) is 6.92 Å². The van der Waals surface area contributed by atoms with Crippen LogP contribution in [0.2, 0.25) is 0 Å². The van der Waals surface area contributed by atoms with Gasteiger partial charge in [-0.15, -0.1) is 0 Å². The Balaban J connectivity index is 2.05. The highest BCUT2D eigenvalue weighted by atomic mass is 16.5. The lowest BCUT2D eigenvalue weighted by Gasteiger charge is -2.22. The number of quaternary nitrogens is 1. The first-order chi connectivity index (χ1) is 12.9. The van der Waals surface area contributed by atoms with Crippen LogP contribution in [0.15, 0.2) is 36.4 Å². The Labute approximate surface area is 161 Å². The molecule has 0 aliphatic heterocycles. The van der Waals surface area contributed by atoms with Crippen LogP contribution in [-0.4, -0.2) is 40.3 Å². The summed E-state index contributed by atoms with van der Waals surface area (Å²) in [5.41, 5.74) is 2.98. The van der Waals surface area contributed by atoms with Crippen LogP contribution < -0.4 is 24.4 Å². The molecule has 0 aromatic heterocycles. The molecule has 1 amide bonds. The number of hydrogen-bond donors (Lipinski definition) is 2. The second kappa shape index (κ2) is 9.28. The fourth-order valence-corrected chi connectivity index (χ4v) is 2.82. The predicted molar refractivity (Wildman–Crippen MR) is 106 cm³/mol. The predicted octanol–water partition coefficient (Wildman–Crippen LogP) is 2.06. The van der Waals surface area contributed by atoms with E-state index >= 15 is 0 Å². The van der Waals surface area contributed by atoms with Crippen LogP contribution in [0.1, 0.15) is 18.1 Å². The van der Waals surface area contributed by atoms with E-state index in [4.69, 9.17) is 14.2 Å². The van der Waals surface area contributed by atoms with Crippen LogP contribution in [0.4, 0.5) is 5.69 Å². The van der Waals surface area contributed by atoms with E-state index in [-0.39, 0.29) is 11.9 Å². The number of aryl methyl sites for hydroxylation is 1. The highest BCUT2D eigenvalue weighted by Crippen LogP contribution is 2.29. The number of methoxy groups -OCH3 is 3.